The molecule has 0 aromatic heterocycles. The van der Waals surface area contributed by atoms with Gasteiger partial charge in [0.15, 0.2) is 0 Å². The number of hydrogen-bond acceptors (Lipinski definition) is 2. The maximum absolute atomic E-state index is 8.56. The Morgan fingerprint density at radius 1 is 1.78 bits per heavy atom. The van der Waals surface area contributed by atoms with Crippen LogP contribution < -0.4 is 0 Å². The molecule has 1 heterocycles. The van der Waals surface area contributed by atoms with Crippen molar-refractivity contribution in [1.29, 1.82) is 0 Å². The summed E-state index contributed by atoms with van der Waals surface area (Å²) >= 11 is 1.02. The minimum atomic E-state index is -1.83. The molecular formula is C4H7KO4. The molecule has 1 fully saturated rings. The second kappa shape index (κ2) is 5.64. The fraction of sp³-hybridized carbons (Fsp3) is 0.750. The summed E-state index contributed by atoms with van der Waals surface area (Å²) < 4.78 is 6.29. The molecule has 1 rings (SSSR count). The van der Waals surface area contributed by atoms with Crippen molar-refractivity contribution >= 4 is 55.1 Å². The van der Waals surface area contributed by atoms with E-state index < -0.39 is 6.16 Å². The molecule has 0 amide bonds. The summed E-state index contributed by atoms with van der Waals surface area (Å²) in [5.41, 5.74) is 0. The summed E-state index contributed by atoms with van der Waals surface area (Å²) in [7, 11) is 0. The van der Waals surface area contributed by atoms with E-state index in [-0.39, 0.29) is 0 Å². The van der Waals surface area contributed by atoms with Crippen LogP contribution in [0.5, 0.6) is 0 Å². The van der Waals surface area contributed by atoms with E-state index in [2.05, 4.69) is 0 Å². The van der Waals surface area contributed by atoms with Crippen molar-refractivity contribution < 1.29 is 19.7 Å². The van der Waals surface area contributed by atoms with Crippen molar-refractivity contribution in [3.05, 3.63) is 0 Å². The average molecular weight is 158 g/mol. The van der Waals surface area contributed by atoms with Gasteiger partial charge in [0, 0.05) is 0 Å². The molecule has 0 radical (unpaired) electrons. The third-order valence-corrected chi connectivity index (χ3v) is 2.28. The fourth-order valence-electron chi connectivity index (χ4n) is 0.304. The van der Waals surface area contributed by atoms with Crippen molar-refractivity contribution in [2.24, 2.45) is 0 Å². The van der Waals surface area contributed by atoms with Crippen molar-refractivity contribution in [3.63, 3.8) is 0 Å². The third-order valence-electron chi connectivity index (χ3n) is 0.858. The molecule has 5 heteroatoms. The van der Waals surface area contributed by atoms with Crippen LogP contribution in [0.15, 0.2) is 0 Å². The van der Waals surface area contributed by atoms with Crippen molar-refractivity contribution in [1.82, 2.24) is 0 Å². The van der Waals surface area contributed by atoms with Crippen molar-refractivity contribution in [2.45, 2.75) is 6.62 Å². The molecule has 1 aliphatic rings. The van der Waals surface area contributed by atoms with E-state index in [1.165, 1.54) is 0.515 Å². The molecule has 9 heavy (non-hydrogen) atoms. The third kappa shape index (κ3) is 12.1. The van der Waals surface area contributed by atoms with E-state index in [0.29, 0.717) is 0 Å². The Balaban J connectivity index is 0.000000148. The topological polar surface area (TPSA) is 70.1 Å². The summed E-state index contributed by atoms with van der Waals surface area (Å²) in [6.45, 7) is 1.06. The number of carboxylic acid groups (broad SMARTS) is 2. The Morgan fingerprint density at radius 2 is 2.11 bits per heavy atom. The number of hydrogen-bond donors (Lipinski definition) is 2. The SMILES string of the molecule is O=C(O)O.[K][CH2]C1CO1. The van der Waals surface area contributed by atoms with Gasteiger partial charge < -0.3 is 10.2 Å². The predicted molar refractivity (Wildman–Crippen MR) is 31.0 cm³/mol. The van der Waals surface area contributed by atoms with Crippen molar-refractivity contribution in [2.75, 3.05) is 6.61 Å². The first-order chi connectivity index (χ1) is 4.16. The molecule has 0 bridgehead atoms. The molecule has 0 spiro atoms. The molecule has 0 aromatic carbocycles. The van der Waals surface area contributed by atoms with Gasteiger partial charge in [0.05, 0.1) is 0 Å². The Labute approximate surface area is 86.8 Å². The van der Waals surface area contributed by atoms with Crippen LogP contribution in [0.2, 0.25) is 0.515 Å². The van der Waals surface area contributed by atoms with Gasteiger partial charge in [-0.25, -0.2) is 4.79 Å². The monoisotopic (exact) mass is 158 g/mol. The molecule has 1 aliphatic heterocycles. The van der Waals surface area contributed by atoms with Gasteiger partial charge >= 0.3 is 73.1 Å². The molecule has 4 nitrogen and oxygen atoms in total. The molecule has 0 aliphatic carbocycles. The van der Waals surface area contributed by atoms with Crippen LogP contribution in [0, 0.1) is 0 Å². The standard InChI is InChI=1S/C3H5O.CH2O3.K/c1-3-2-4-3;2-1(3)4;/h3H,1-2H2;(H2,2,3,4);. The van der Waals surface area contributed by atoms with Crippen molar-refractivity contribution in [3.8, 4) is 0 Å². The number of rotatable bonds is 1. The number of carbonyl (C=O) groups is 1. The zero-order valence-electron chi connectivity index (χ0n) is 5.20. The Morgan fingerprint density at radius 3 is 2.11 bits per heavy atom. The van der Waals surface area contributed by atoms with Crippen LogP contribution in [-0.4, -0.2) is 78.0 Å². The summed E-state index contributed by atoms with van der Waals surface area (Å²) in [6.07, 6.45) is -1.12. The maximum atomic E-state index is 8.56. The number of epoxide rings is 1. The van der Waals surface area contributed by atoms with Gasteiger partial charge in [-0.3, -0.25) is 0 Å². The van der Waals surface area contributed by atoms with Gasteiger partial charge in [0.1, 0.15) is 0 Å². The average Bonchev–Trinajstić information content (AvgIpc) is 2.43. The minimum absolute atomic E-state index is 0.718. The van der Waals surface area contributed by atoms with Gasteiger partial charge in [0.25, 0.3) is 0 Å². The normalized spacial score (nSPS) is 21.8. The molecule has 1 unspecified atom stereocenters. The van der Waals surface area contributed by atoms with E-state index in [0.717, 1.165) is 61.7 Å². The fourth-order valence-corrected chi connectivity index (χ4v) is 1.04. The number of ether oxygens (including phenoxy) is 1. The first kappa shape index (κ1) is 9.87. The second-order valence-corrected chi connectivity index (χ2v) is 2.92. The van der Waals surface area contributed by atoms with Crippen LogP contribution in [-0.2, 0) is 4.74 Å². The quantitative estimate of drug-likeness (QED) is 0.422. The molecule has 48 valence electrons. The van der Waals surface area contributed by atoms with E-state index in [1.54, 1.807) is 0 Å². The van der Waals surface area contributed by atoms with Crippen LogP contribution in [0.3, 0.4) is 0 Å². The van der Waals surface area contributed by atoms with Crippen LogP contribution in [0.1, 0.15) is 0 Å². The van der Waals surface area contributed by atoms with Gasteiger partial charge in [-0.2, -0.15) is 0 Å². The first-order valence-electron chi connectivity index (χ1n) is 2.70. The summed E-state index contributed by atoms with van der Waals surface area (Å²) in [4.78, 5) is 8.56. The molecule has 0 saturated carbocycles. The van der Waals surface area contributed by atoms with E-state index in [4.69, 9.17) is 19.7 Å². The molecular weight excluding hydrogens is 151 g/mol. The Hall–Kier alpha value is 0.866. The Kier molecular flexibility index (Phi) is 6.18. The summed E-state index contributed by atoms with van der Waals surface area (Å²) in [5.74, 6) is 0. The second-order valence-electron chi connectivity index (χ2n) is 1.65. The van der Waals surface area contributed by atoms with E-state index in [1.807, 2.05) is 0 Å². The van der Waals surface area contributed by atoms with Gasteiger partial charge in [-0.05, 0) is 0 Å². The molecule has 0 aromatic rings. The molecule has 1 atom stereocenters. The van der Waals surface area contributed by atoms with Crippen LogP contribution in [0.25, 0.3) is 0 Å². The predicted octanol–water partition coefficient (Wildman–Crippen LogP) is 0.194. The van der Waals surface area contributed by atoms with Gasteiger partial charge in [0.2, 0.25) is 0 Å². The summed E-state index contributed by atoms with van der Waals surface area (Å²) in [5, 5.41) is 13.9. The molecule has 2 N–H and O–H groups in total. The van der Waals surface area contributed by atoms with Gasteiger partial charge in [-0.1, -0.05) is 0 Å². The Bertz CT molecular complexity index is 86.6. The van der Waals surface area contributed by atoms with Gasteiger partial charge in [-0.15, -0.1) is 0 Å². The zero-order chi connectivity index (χ0) is 7.28. The molecule has 1 saturated heterocycles. The van der Waals surface area contributed by atoms with E-state index in [9.17, 15) is 0 Å². The zero-order valence-corrected chi connectivity index (χ0v) is 8.33. The summed E-state index contributed by atoms with van der Waals surface area (Å²) in [6, 6.07) is 0. The van der Waals surface area contributed by atoms with E-state index >= 15 is 0 Å². The first-order valence-corrected chi connectivity index (χ1v) is 4.91. The van der Waals surface area contributed by atoms with Crippen LogP contribution in [0.4, 0.5) is 4.79 Å². The van der Waals surface area contributed by atoms with Crippen LogP contribution >= 0.6 is 0 Å².